The first-order chi connectivity index (χ1) is 14.1. The predicted octanol–water partition coefficient (Wildman–Crippen LogP) is 4.02. The number of H-pyrrole nitrogens is 1. The van der Waals surface area contributed by atoms with Crippen LogP contribution in [0.15, 0.2) is 71.9 Å². The van der Waals surface area contributed by atoms with Gasteiger partial charge in [-0.1, -0.05) is 36.4 Å². The summed E-state index contributed by atoms with van der Waals surface area (Å²) in [6.07, 6.45) is 1.67. The molecule has 0 fully saturated rings. The Bertz CT molecular complexity index is 1240. The summed E-state index contributed by atoms with van der Waals surface area (Å²) in [6, 6.07) is 15.1. The lowest BCUT2D eigenvalue weighted by atomic mass is 9.85. The van der Waals surface area contributed by atoms with Gasteiger partial charge in [-0.3, -0.25) is 10.1 Å². The third-order valence-electron chi connectivity index (χ3n) is 4.84. The molecule has 1 aromatic heterocycles. The maximum Gasteiger partial charge on any atom is 0.318 e. The van der Waals surface area contributed by atoms with E-state index in [0.29, 0.717) is 5.56 Å². The van der Waals surface area contributed by atoms with Gasteiger partial charge in [-0.25, -0.2) is 4.39 Å². The molecule has 1 aliphatic rings. The lowest BCUT2D eigenvalue weighted by Gasteiger charge is -2.25. The Balaban J connectivity index is 2.03. The predicted molar refractivity (Wildman–Crippen MR) is 104 cm³/mol. The van der Waals surface area contributed by atoms with Gasteiger partial charge < -0.3 is 15.0 Å². The Morgan fingerprint density at radius 1 is 1.24 bits per heavy atom. The minimum absolute atomic E-state index is 0.0316. The molecule has 0 bridgehead atoms. The van der Waals surface area contributed by atoms with E-state index in [0.717, 1.165) is 10.9 Å². The lowest BCUT2D eigenvalue weighted by molar-refractivity contribution is -0.433. The van der Waals surface area contributed by atoms with Crippen LogP contribution in [0.2, 0.25) is 0 Å². The van der Waals surface area contributed by atoms with E-state index in [2.05, 4.69) is 10.3 Å². The van der Waals surface area contributed by atoms with E-state index in [9.17, 15) is 19.8 Å². The van der Waals surface area contributed by atoms with Crippen LogP contribution in [0.4, 0.5) is 4.39 Å². The van der Waals surface area contributed by atoms with Crippen LogP contribution < -0.4 is 5.32 Å². The van der Waals surface area contributed by atoms with Crippen molar-refractivity contribution in [3.8, 4) is 6.07 Å². The normalized spacial score (nSPS) is 16.5. The number of hydrogen-bond donors (Lipinski definition) is 2. The molecular weight excluding hydrogens is 375 g/mol. The van der Waals surface area contributed by atoms with Crippen molar-refractivity contribution in [2.24, 2.45) is 0 Å². The first kappa shape index (κ1) is 18.3. The molecule has 2 aromatic carbocycles. The number of nitriles is 1. The van der Waals surface area contributed by atoms with Crippen LogP contribution in [-0.2, 0) is 4.74 Å². The Morgan fingerprint density at radius 2 is 1.97 bits per heavy atom. The highest BCUT2D eigenvalue weighted by Gasteiger charge is 2.43. The Labute approximate surface area is 164 Å². The van der Waals surface area contributed by atoms with E-state index in [1.54, 1.807) is 12.3 Å². The second-order valence-electron chi connectivity index (χ2n) is 6.38. The topological polar surface area (TPSA) is 104 Å². The van der Waals surface area contributed by atoms with Crippen LogP contribution in [0.3, 0.4) is 0 Å². The second-order valence-corrected chi connectivity index (χ2v) is 6.38. The van der Waals surface area contributed by atoms with Gasteiger partial charge in [0.2, 0.25) is 0 Å². The Morgan fingerprint density at radius 3 is 2.66 bits per heavy atom. The van der Waals surface area contributed by atoms with Crippen molar-refractivity contribution in [2.75, 3.05) is 7.05 Å². The van der Waals surface area contributed by atoms with Gasteiger partial charge in [0.05, 0.1) is 16.6 Å². The zero-order valence-corrected chi connectivity index (χ0v) is 15.3. The SMILES string of the molecule is CNC1=C([N+](=O)[O-])C(c2ccccc2F)C(C#N)=C(c2c[nH]c3ccccc23)O1. The molecule has 0 aliphatic carbocycles. The van der Waals surface area contributed by atoms with Gasteiger partial charge in [0, 0.05) is 35.3 Å². The second kappa shape index (κ2) is 7.13. The van der Waals surface area contributed by atoms with Crippen molar-refractivity contribution < 1.29 is 14.1 Å². The Kier molecular flexibility index (Phi) is 4.49. The average Bonchev–Trinajstić information content (AvgIpc) is 3.16. The van der Waals surface area contributed by atoms with Gasteiger partial charge in [0.25, 0.3) is 5.88 Å². The highest BCUT2D eigenvalue weighted by molar-refractivity contribution is 5.93. The number of benzene rings is 2. The lowest BCUT2D eigenvalue weighted by Crippen LogP contribution is -2.27. The number of rotatable bonds is 4. The molecule has 7 nitrogen and oxygen atoms in total. The number of fused-ring (bicyclic) bond motifs is 1. The minimum atomic E-state index is -1.23. The number of halogens is 1. The third-order valence-corrected chi connectivity index (χ3v) is 4.84. The molecule has 2 heterocycles. The molecule has 3 aromatic rings. The van der Waals surface area contributed by atoms with Gasteiger partial charge in [-0.2, -0.15) is 5.26 Å². The number of hydrogen-bond acceptors (Lipinski definition) is 5. The summed E-state index contributed by atoms with van der Waals surface area (Å²) in [5.74, 6) is -1.85. The summed E-state index contributed by atoms with van der Waals surface area (Å²) in [6.45, 7) is 0. The number of aromatic amines is 1. The molecular formula is C21H15FN4O3. The van der Waals surface area contributed by atoms with Crippen LogP contribution in [-0.4, -0.2) is 17.0 Å². The van der Waals surface area contributed by atoms with Crippen molar-refractivity contribution >= 4 is 16.7 Å². The maximum absolute atomic E-state index is 14.6. The molecule has 0 spiro atoms. The number of nitrogens with one attached hydrogen (secondary N) is 2. The maximum atomic E-state index is 14.6. The number of nitro groups is 1. The zero-order valence-electron chi connectivity index (χ0n) is 15.3. The molecule has 1 unspecified atom stereocenters. The number of nitrogens with zero attached hydrogens (tertiary/aromatic N) is 2. The van der Waals surface area contributed by atoms with Crippen molar-refractivity contribution in [3.05, 3.63) is 98.9 Å². The molecule has 0 saturated heterocycles. The fourth-order valence-electron chi connectivity index (χ4n) is 3.56. The molecule has 2 N–H and O–H groups in total. The molecule has 0 saturated carbocycles. The van der Waals surface area contributed by atoms with E-state index in [1.165, 1.54) is 25.2 Å². The van der Waals surface area contributed by atoms with Crippen molar-refractivity contribution in [2.45, 2.75) is 5.92 Å². The van der Waals surface area contributed by atoms with Crippen LogP contribution in [0.25, 0.3) is 16.7 Å². The Hall–Kier alpha value is -4.12. The summed E-state index contributed by atoms with van der Waals surface area (Å²) >= 11 is 0. The molecule has 0 radical (unpaired) electrons. The van der Waals surface area contributed by atoms with Crippen LogP contribution in [0.1, 0.15) is 17.0 Å². The number of aromatic nitrogens is 1. The molecule has 8 heteroatoms. The van der Waals surface area contributed by atoms with Crippen LogP contribution in [0, 0.1) is 27.3 Å². The first-order valence-electron chi connectivity index (χ1n) is 8.76. The summed E-state index contributed by atoms with van der Waals surface area (Å²) in [5, 5.41) is 25.2. The molecule has 29 heavy (non-hydrogen) atoms. The van der Waals surface area contributed by atoms with Crippen LogP contribution in [0.5, 0.6) is 0 Å². The molecule has 1 atom stereocenters. The fraction of sp³-hybridized carbons (Fsp3) is 0.0952. The standard InChI is InChI=1S/C21H15FN4O3/c1-24-21-19(26(27)28)18(13-7-2-4-8-16(13)22)14(10-23)20(29-21)15-11-25-17-9-5-3-6-12(15)17/h2-9,11,18,24-25H,1H3. The molecule has 4 rings (SSSR count). The van der Waals surface area contributed by atoms with Gasteiger partial charge in [0.1, 0.15) is 11.7 Å². The molecule has 0 amide bonds. The summed E-state index contributed by atoms with van der Waals surface area (Å²) < 4.78 is 20.4. The summed E-state index contributed by atoms with van der Waals surface area (Å²) in [4.78, 5) is 14.3. The van der Waals surface area contributed by atoms with E-state index in [4.69, 9.17) is 4.74 Å². The van der Waals surface area contributed by atoms with E-state index in [-0.39, 0.29) is 22.8 Å². The molecule has 1 aliphatic heterocycles. The highest BCUT2D eigenvalue weighted by Crippen LogP contribution is 2.44. The van der Waals surface area contributed by atoms with E-state index < -0.39 is 22.4 Å². The highest BCUT2D eigenvalue weighted by atomic mass is 19.1. The summed E-state index contributed by atoms with van der Waals surface area (Å²) in [7, 11) is 1.47. The summed E-state index contributed by atoms with van der Waals surface area (Å²) in [5.41, 5.74) is 0.953. The number of allylic oxidation sites excluding steroid dienone is 1. The zero-order chi connectivity index (χ0) is 20.5. The van der Waals surface area contributed by atoms with Crippen molar-refractivity contribution in [1.29, 1.82) is 5.26 Å². The van der Waals surface area contributed by atoms with E-state index >= 15 is 0 Å². The van der Waals surface area contributed by atoms with Gasteiger partial charge >= 0.3 is 5.70 Å². The van der Waals surface area contributed by atoms with Gasteiger partial charge in [-0.15, -0.1) is 0 Å². The van der Waals surface area contributed by atoms with Crippen molar-refractivity contribution in [3.63, 3.8) is 0 Å². The number of para-hydroxylation sites is 1. The van der Waals surface area contributed by atoms with Gasteiger partial charge in [0.15, 0.2) is 5.76 Å². The number of ether oxygens (including phenoxy) is 1. The van der Waals surface area contributed by atoms with Gasteiger partial charge in [-0.05, 0) is 12.1 Å². The van der Waals surface area contributed by atoms with E-state index in [1.807, 2.05) is 30.3 Å². The van der Waals surface area contributed by atoms with Crippen molar-refractivity contribution in [1.82, 2.24) is 10.3 Å². The quantitative estimate of drug-likeness (QED) is 0.517. The smallest absolute Gasteiger partial charge is 0.318 e. The largest absolute Gasteiger partial charge is 0.434 e. The molecule has 144 valence electrons. The minimum Gasteiger partial charge on any atom is -0.434 e. The van der Waals surface area contributed by atoms with Crippen LogP contribution >= 0.6 is 0 Å². The average molecular weight is 390 g/mol. The fourth-order valence-corrected chi connectivity index (χ4v) is 3.56. The third kappa shape index (κ3) is 2.89. The monoisotopic (exact) mass is 390 g/mol. The first-order valence-corrected chi connectivity index (χ1v) is 8.76.